The molecule has 0 aliphatic heterocycles. The first-order valence-electron chi connectivity index (χ1n) is 3.22. The van der Waals surface area contributed by atoms with Crippen LogP contribution >= 0.6 is 11.6 Å². The number of halogens is 2. The van der Waals surface area contributed by atoms with Crippen LogP contribution in [0, 0.1) is 0 Å². The maximum Gasteiger partial charge on any atom is 0.362 e. The van der Waals surface area contributed by atoms with Crippen molar-refractivity contribution in [2.45, 2.75) is 5.13 Å². The van der Waals surface area contributed by atoms with Crippen molar-refractivity contribution in [1.29, 1.82) is 0 Å². The van der Waals surface area contributed by atoms with E-state index in [2.05, 4.69) is 0 Å². The standard InChI is InChI=1S/C8H6ClFO2/c9-8(10,7(11)12)6-4-2-1-3-5-6/h1-5H,(H,11,12)/t8-/m0/s1. The van der Waals surface area contributed by atoms with Crippen LogP contribution < -0.4 is 0 Å². The van der Waals surface area contributed by atoms with Gasteiger partial charge in [-0.3, -0.25) is 0 Å². The van der Waals surface area contributed by atoms with Crippen LogP contribution in [0.3, 0.4) is 0 Å². The Hall–Kier alpha value is -1.09. The van der Waals surface area contributed by atoms with Crippen LogP contribution in [0.15, 0.2) is 30.3 Å². The number of hydrogen-bond donors (Lipinski definition) is 1. The van der Waals surface area contributed by atoms with Gasteiger partial charge in [-0.25, -0.2) is 9.18 Å². The number of hydrogen-bond acceptors (Lipinski definition) is 1. The summed E-state index contributed by atoms with van der Waals surface area (Å²) in [4.78, 5) is 10.3. The summed E-state index contributed by atoms with van der Waals surface area (Å²) in [6.45, 7) is 0. The van der Waals surface area contributed by atoms with Gasteiger partial charge in [0.2, 0.25) is 0 Å². The van der Waals surface area contributed by atoms with Crippen molar-refractivity contribution in [2.24, 2.45) is 0 Å². The topological polar surface area (TPSA) is 37.3 Å². The van der Waals surface area contributed by atoms with Crippen LogP contribution in [0.2, 0.25) is 0 Å². The molecule has 12 heavy (non-hydrogen) atoms. The minimum absolute atomic E-state index is 0.0702. The van der Waals surface area contributed by atoms with Gasteiger partial charge in [0.25, 0.3) is 0 Å². The van der Waals surface area contributed by atoms with Gasteiger partial charge >= 0.3 is 11.1 Å². The lowest BCUT2D eigenvalue weighted by molar-refractivity contribution is -0.145. The van der Waals surface area contributed by atoms with Crippen molar-refractivity contribution in [3.63, 3.8) is 0 Å². The Kier molecular flexibility index (Phi) is 2.33. The molecule has 1 rings (SSSR count). The van der Waals surface area contributed by atoms with Gasteiger partial charge in [-0.15, -0.1) is 0 Å². The monoisotopic (exact) mass is 188 g/mol. The molecule has 1 aromatic rings. The van der Waals surface area contributed by atoms with Crippen molar-refractivity contribution in [2.75, 3.05) is 0 Å². The van der Waals surface area contributed by atoms with Crippen molar-refractivity contribution in [1.82, 2.24) is 0 Å². The highest BCUT2D eigenvalue weighted by atomic mass is 35.5. The first-order valence-corrected chi connectivity index (χ1v) is 3.59. The highest BCUT2D eigenvalue weighted by Crippen LogP contribution is 2.30. The summed E-state index contributed by atoms with van der Waals surface area (Å²) in [5.41, 5.74) is -0.0702. The Labute approximate surface area is 73.6 Å². The number of aliphatic carboxylic acids is 1. The first-order chi connectivity index (χ1) is 5.55. The maximum atomic E-state index is 13.1. The molecule has 1 atom stereocenters. The van der Waals surface area contributed by atoms with Gasteiger partial charge < -0.3 is 5.11 Å². The summed E-state index contributed by atoms with van der Waals surface area (Å²) in [6, 6.07) is 7.34. The smallest absolute Gasteiger partial charge is 0.362 e. The minimum Gasteiger partial charge on any atom is -0.478 e. The molecular weight excluding hydrogens is 183 g/mol. The van der Waals surface area contributed by atoms with Crippen molar-refractivity contribution in [3.05, 3.63) is 35.9 Å². The summed E-state index contributed by atoms with van der Waals surface area (Å²) >= 11 is 5.13. The quantitative estimate of drug-likeness (QED) is 0.722. The van der Waals surface area contributed by atoms with Crippen LogP contribution in [-0.4, -0.2) is 11.1 Å². The molecule has 0 unspecified atom stereocenters. The van der Waals surface area contributed by atoms with Crippen molar-refractivity contribution < 1.29 is 14.3 Å². The fraction of sp³-hybridized carbons (Fsp3) is 0.125. The molecule has 0 aromatic heterocycles. The molecule has 0 spiro atoms. The van der Waals surface area contributed by atoms with E-state index in [9.17, 15) is 9.18 Å². The number of alkyl halides is 2. The van der Waals surface area contributed by atoms with Gasteiger partial charge in [-0.2, -0.15) is 0 Å². The number of carboxylic acids is 1. The fourth-order valence-electron chi connectivity index (χ4n) is 0.771. The zero-order valence-corrected chi connectivity index (χ0v) is 6.75. The molecule has 0 radical (unpaired) electrons. The molecule has 64 valence electrons. The highest BCUT2D eigenvalue weighted by Gasteiger charge is 2.37. The molecule has 0 heterocycles. The van der Waals surface area contributed by atoms with Crippen molar-refractivity contribution >= 4 is 17.6 Å². The van der Waals surface area contributed by atoms with Crippen LogP contribution in [0.25, 0.3) is 0 Å². The molecule has 1 N–H and O–H groups in total. The van der Waals surface area contributed by atoms with E-state index in [1.807, 2.05) is 0 Å². The largest absolute Gasteiger partial charge is 0.478 e. The highest BCUT2D eigenvalue weighted by molar-refractivity contribution is 6.32. The van der Waals surface area contributed by atoms with Crippen LogP contribution in [0.1, 0.15) is 5.56 Å². The predicted octanol–water partition coefficient (Wildman–Crippen LogP) is 2.13. The average molecular weight is 189 g/mol. The van der Waals surface area contributed by atoms with Crippen LogP contribution in [0.4, 0.5) is 4.39 Å². The lowest BCUT2D eigenvalue weighted by Gasteiger charge is -2.11. The summed E-state index contributed by atoms with van der Waals surface area (Å²) in [7, 11) is 0. The summed E-state index contributed by atoms with van der Waals surface area (Å²) in [5.74, 6) is -1.70. The van der Waals surface area contributed by atoms with E-state index in [0.717, 1.165) is 0 Å². The number of rotatable bonds is 2. The molecule has 0 fully saturated rings. The third-order valence-corrected chi connectivity index (χ3v) is 1.78. The lowest BCUT2D eigenvalue weighted by Crippen LogP contribution is -2.23. The molecule has 1 aromatic carbocycles. The first kappa shape index (κ1) is 9.00. The van der Waals surface area contributed by atoms with Gasteiger partial charge in [0.1, 0.15) is 0 Å². The minimum atomic E-state index is -2.82. The van der Waals surface area contributed by atoms with E-state index in [-0.39, 0.29) is 5.56 Å². The Morgan fingerprint density at radius 1 is 1.42 bits per heavy atom. The second-order valence-corrected chi connectivity index (χ2v) is 2.77. The molecule has 4 heteroatoms. The van der Waals surface area contributed by atoms with Gasteiger partial charge in [-0.1, -0.05) is 41.9 Å². The normalized spacial score (nSPS) is 15.2. The Balaban J connectivity index is 3.06. The Morgan fingerprint density at radius 3 is 2.33 bits per heavy atom. The van der Waals surface area contributed by atoms with E-state index in [1.54, 1.807) is 6.07 Å². The van der Waals surface area contributed by atoms with Gasteiger partial charge in [0, 0.05) is 5.56 Å². The molecule has 0 bridgehead atoms. The van der Waals surface area contributed by atoms with Gasteiger partial charge in [-0.05, 0) is 0 Å². The molecule has 0 aliphatic carbocycles. The molecule has 2 nitrogen and oxygen atoms in total. The zero-order chi connectivity index (χ0) is 9.19. The van der Waals surface area contributed by atoms with Crippen LogP contribution in [0.5, 0.6) is 0 Å². The second-order valence-electron chi connectivity index (χ2n) is 2.25. The summed E-state index contributed by atoms with van der Waals surface area (Å²) in [5, 5.41) is 5.57. The lowest BCUT2D eigenvalue weighted by atomic mass is 10.1. The molecule has 0 saturated carbocycles. The van der Waals surface area contributed by atoms with Crippen LogP contribution in [-0.2, 0) is 9.92 Å². The van der Waals surface area contributed by atoms with Crippen molar-refractivity contribution in [3.8, 4) is 0 Å². The molecule has 0 aliphatic rings. The molecule has 0 saturated heterocycles. The second kappa shape index (κ2) is 3.11. The molecular formula is C8H6ClFO2. The SMILES string of the molecule is O=C(O)[C@](F)(Cl)c1ccccc1. The fourth-order valence-corrected chi connectivity index (χ4v) is 0.897. The van der Waals surface area contributed by atoms with Gasteiger partial charge in [0.15, 0.2) is 0 Å². The third-order valence-electron chi connectivity index (χ3n) is 1.40. The van der Waals surface area contributed by atoms with E-state index in [0.29, 0.717) is 0 Å². The summed E-state index contributed by atoms with van der Waals surface area (Å²) < 4.78 is 13.1. The predicted molar refractivity (Wildman–Crippen MR) is 42.7 cm³/mol. The van der Waals surface area contributed by atoms with E-state index < -0.39 is 11.1 Å². The Bertz CT molecular complexity index is 284. The number of carboxylic acid groups (broad SMARTS) is 1. The average Bonchev–Trinajstić information content (AvgIpc) is 2.06. The molecule has 0 amide bonds. The number of carbonyl (C=O) groups is 1. The van der Waals surface area contributed by atoms with Gasteiger partial charge in [0.05, 0.1) is 0 Å². The number of benzene rings is 1. The summed E-state index contributed by atoms with van der Waals surface area (Å²) in [6.07, 6.45) is 0. The third kappa shape index (κ3) is 1.56. The van der Waals surface area contributed by atoms with E-state index >= 15 is 0 Å². The van der Waals surface area contributed by atoms with E-state index in [4.69, 9.17) is 16.7 Å². The Morgan fingerprint density at radius 2 is 1.92 bits per heavy atom. The van der Waals surface area contributed by atoms with E-state index in [1.165, 1.54) is 24.3 Å². The zero-order valence-electron chi connectivity index (χ0n) is 6.00. The maximum absolute atomic E-state index is 13.1.